The number of ether oxygens (including phenoxy) is 1. The van der Waals surface area contributed by atoms with Crippen molar-refractivity contribution in [3.8, 4) is 11.4 Å². The third-order valence-corrected chi connectivity index (χ3v) is 6.42. The Morgan fingerprint density at radius 2 is 1.65 bits per heavy atom. The minimum absolute atomic E-state index is 0.00904. The van der Waals surface area contributed by atoms with E-state index in [1.54, 1.807) is 30.8 Å². The molecule has 4 aromatic rings. The maximum absolute atomic E-state index is 12.3. The minimum Gasteiger partial charge on any atom is -0.485 e. The van der Waals surface area contributed by atoms with Crippen molar-refractivity contribution < 1.29 is 9.53 Å². The Balaban J connectivity index is 1.58. The van der Waals surface area contributed by atoms with Crippen LogP contribution in [0.5, 0.6) is 5.75 Å². The molecule has 0 saturated heterocycles. The molecule has 7 heteroatoms. The maximum Gasteiger partial charge on any atom is 0.253 e. The standard InChI is InChI=1S/C27H28N4O2S/c1-19-10-8-11-20(2)25(19)33-17-24-28-29-27(31(24)23-14-6-5-7-15-23)34-18-21-12-9-13-22(16-21)26(32)30(3)4/h5-16H,17-18H2,1-4H3. The SMILES string of the molecule is Cc1cccc(C)c1OCc1nnc(SCc2cccc(C(=O)N(C)C)c2)n1-c1ccccc1. The first kappa shape index (κ1) is 23.6. The summed E-state index contributed by atoms with van der Waals surface area (Å²) < 4.78 is 8.22. The molecule has 1 aromatic heterocycles. The highest BCUT2D eigenvalue weighted by atomic mass is 32.2. The molecule has 0 atom stereocenters. The topological polar surface area (TPSA) is 60.3 Å². The van der Waals surface area contributed by atoms with Gasteiger partial charge in [0.05, 0.1) is 0 Å². The predicted molar refractivity (Wildman–Crippen MR) is 136 cm³/mol. The van der Waals surface area contributed by atoms with Gasteiger partial charge in [-0.15, -0.1) is 10.2 Å². The third-order valence-electron chi connectivity index (χ3n) is 5.42. The Labute approximate surface area is 204 Å². The summed E-state index contributed by atoms with van der Waals surface area (Å²) in [7, 11) is 3.52. The summed E-state index contributed by atoms with van der Waals surface area (Å²) in [6, 6.07) is 23.9. The van der Waals surface area contributed by atoms with Gasteiger partial charge in [0.25, 0.3) is 5.91 Å². The monoisotopic (exact) mass is 472 g/mol. The van der Waals surface area contributed by atoms with Crippen LogP contribution in [0.3, 0.4) is 0 Å². The van der Waals surface area contributed by atoms with Gasteiger partial charge in [-0.2, -0.15) is 0 Å². The number of thioether (sulfide) groups is 1. The smallest absolute Gasteiger partial charge is 0.253 e. The van der Waals surface area contributed by atoms with Gasteiger partial charge >= 0.3 is 0 Å². The molecular weight excluding hydrogens is 444 g/mol. The lowest BCUT2D eigenvalue weighted by atomic mass is 10.1. The molecule has 174 valence electrons. The molecule has 0 aliphatic heterocycles. The van der Waals surface area contributed by atoms with E-state index in [1.807, 2.05) is 91.2 Å². The molecule has 0 saturated carbocycles. The first-order chi connectivity index (χ1) is 16.4. The van der Waals surface area contributed by atoms with Gasteiger partial charge in [-0.25, -0.2) is 0 Å². The molecule has 4 rings (SSSR count). The molecule has 0 unspecified atom stereocenters. The van der Waals surface area contributed by atoms with E-state index in [0.717, 1.165) is 39.1 Å². The summed E-state index contributed by atoms with van der Waals surface area (Å²) in [6.45, 7) is 4.39. The summed E-state index contributed by atoms with van der Waals surface area (Å²) in [6.07, 6.45) is 0. The van der Waals surface area contributed by atoms with Crippen molar-refractivity contribution in [2.24, 2.45) is 0 Å². The maximum atomic E-state index is 12.3. The third kappa shape index (κ3) is 5.31. The van der Waals surface area contributed by atoms with Crippen LogP contribution in [0.25, 0.3) is 5.69 Å². The summed E-state index contributed by atoms with van der Waals surface area (Å²) in [4.78, 5) is 13.9. The molecule has 6 nitrogen and oxygen atoms in total. The van der Waals surface area contributed by atoms with E-state index < -0.39 is 0 Å². The molecule has 3 aromatic carbocycles. The van der Waals surface area contributed by atoms with Crippen molar-refractivity contribution >= 4 is 17.7 Å². The lowest BCUT2D eigenvalue weighted by molar-refractivity contribution is 0.0827. The highest BCUT2D eigenvalue weighted by Crippen LogP contribution is 2.28. The fraction of sp³-hybridized carbons (Fsp3) is 0.222. The first-order valence-electron chi connectivity index (χ1n) is 11.1. The number of para-hydroxylation sites is 2. The zero-order valence-electron chi connectivity index (χ0n) is 19.9. The summed E-state index contributed by atoms with van der Waals surface area (Å²) in [5, 5.41) is 9.70. The van der Waals surface area contributed by atoms with Crippen molar-refractivity contribution in [3.63, 3.8) is 0 Å². The zero-order chi connectivity index (χ0) is 24.1. The predicted octanol–water partition coefficient (Wildman–Crippen LogP) is 5.46. The Hall–Kier alpha value is -3.58. The Morgan fingerprint density at radius 3 is 2.35 bits per heavy atom. The summed E-state index contributed by atoms with van der Waals surface area (Å²) in [5.41, 5.74) is 4.88. The number of carbonyl (C=O) groups excluding carboxylic acids is 1. The van der Waals surface area contributed by atoms with Crippen LogP contribution >= 0.6 is 11.8 Å². The minimum atomic E-state index is -0.00904. The van der Waals surface area contributed by atoms with Crippen LogP contribution in [0.1, 0.15) is 32.9 Å². The fourth-order valence-electron chi connectivity index (χ4n) is 3.69. The first-order valence-corrected chi connectivity index (χ1v) is 12.0. The van der Waals surface area contributed by atoms with Crippen LogP contribution in [0.15, 0.2) is 78.0 Å². The quantitative estimate of drug-likeness (QED) is 0.319. The lowest BCUT2D eigenvalue weighted by Crippen LogP contribution is -2.21. The molecule has 0 fully saturated rings. The second-order valence-corrected chi connectivity index (χ2v) is 9.21. The molecule has 1 amide bonds. The highest BCUT2D eigenvalue weighted by Gasteiger charge is 2.17. The highest BCUT2D eigenvalue weighted by molar-refractivity contribution is 7.98. The molecular formula is C27H28N4O2S. The summed E-state index contributed by atoms with van der Waals surface area (Å²) in [5.74, 6) is 2.26. The number of aromatic nitrogens is 3. The van der Waals surface area contributed by atoms with Crippen LogP contribution in [0.4, 0.5) is 0 Å². The number of rotatable bonds is 8. The van der Waals surface area contributed by atoms with Gasteiger partial charge in [-0.1, -0.05) is 60.3 Å². The summed E-state index contributed by atoms with van der Waals surface area (Å²) >= 11 is 1.58. The second kappa shape index (κ2) is 10.6. The Morgan fingerprint density at radius 1 is 0.941 bits per heavy atom. The van der Waals surface area contributed by atoms with Crippen molar-refractivity contribution in [3.05, 3.63) is 101 Å². The Kier molecular flexibility index (Phi) is 7.33. The molecule has 0 spiro atoms. The van der Waals surface area contributed by atoms with Gasteiger partial charge in [0.2, 0.25) is 0 Å². The van der Waals surface area contributed by atoms with Crippen molar-refractivity contribution in [1.82, 2.24) is 19.7 Å². The lowest BCUT2D eigenvalue weighted by Gasteiger charge is -2.14. The van der Waals surface area contributed by atoms with Crippen LogP contribution < -0.4 is 4.74 Å². The van der Waals surface area contributed by atoms with Gasteiger partial charge in [0, 0.05) is 31.1 Å². The number of aryl methyl sites for hydroxylation is 2. The average molecular weight is 473 g/mol. The largest absolute Gasteiger partial charge is 0.485 e. The van der Waals surface area contributed by atoms with Crippen molar-refractivity contribution in [1.29, 1.82) is 0 Å². The Bertz CT molecular complexity index is 1260. The molecule has 0 radical (unpaired) electrons. The van der Waals surface area contributed by atoms with Gasteiger partial charge in [0.1, 0.15) is 12.4 Å². The molecule has 1 heterocycles. The average Bonchev–Trinajstić information content (AvgIpc) is 3.25. The fourth-order valence-corrected chi connectivity index (χ4v) is 4.60. The van der Waals surface area contributed by atoms with Crippen molar-refractivity contribution in [2.45, 2.75) is 31.4 Å². The van der Waals surface area contributed by atoms with Crippen molar-refractivity contribution in [2.75, 3.05) is 14.1 Å². The molecule has 0 bridgehead atoms. The molecule has 34 heavy (non-hydrogen) atoms. The van der Waals surface area contributed by atoms with E-state index in [9.17, 15) is 4.79 Å². The van der Waals surface area contributed by atoms with Crippen LogP contribution in [-0.2, 0) is 12.4 Å². The number of nitrogens with zero attached hydrogens (tertiary/aromatic N) is 4. The number of benzene rings is 3. The van der Waals surface area contributed by atoms with Crippen LogP contribution in [-0.4, -0.2) is 39.7 Å². The van der Waals surface area contributed by atoms with E-state index in [1.165, 1.54) is 0 Å². The van der Waals surface area contributed by atoms with E-state index in [2.05, 4.69) is 10.2 Å². The van der Waals surface area contributed by atoms with Gasteiger partial charge in [-0.05, 0) is 54.8 Å². The van der Waals surface area contributed by atoms with Gasteiger partial charge in [-0.3, -0.25) is 9.36 Å². The number of carbonyl (C=O) groups is 1. The van der Waals surface area contributed by atoms with Crippen LogP contribution in [0, 0.1) is 13.8 Å². The molecule has 0 aliphatic carbocycles. The van der Waals surface area contributed by atoms with Gasteiger partial charge < -0.3 is 9.64 Å². The number of hydrogen-bond acceptors (Lipinski definition) is 5. The molecule has 0 aliphatic rings. The normalized spacial score (nSPS) is 10.8. The van der Waals surface area contributed by atoms with Gasteiger partial charge in [0.15, 0.2) is 11.0 Å². The van der Waals surface area contributed by atoms with E-state index in [0.29, 0.717) is 17.9 Å². The number of hydrogen-bond donors (Lipinski definition) is 0. The number of amides is 1. The second-order valence-electron chi connectivity index (χ2n) is 8.27. The zero-order valence-corrected chi connectivity index (χ0v) is 20.7. The molecule has 0 N–H and O–H groups in total. The van der Waals surface area contributed by atoms with Crippen LogP contribution in [0.2, 0.25) is 0 Å². The van der Waals surface area contributed by atoms with E-state index in [4.69, 9.17) is 4.74 Å². The van der Waals surface area contributed by atoms with E-state index >= 15 is 0 Å². The van der Waals surface area contributed by atoms with E-state index in [-0.39, 0.29) is 5.91 Å².